The number of hydrogen-bond donors (Lipinski definition) is 1. The van der Waals surface area contributed by atoms with Crippen molar-refractivity contribution in [2.24, 2.45) is 7.05 Å². The summed E-state index contributed by atoms with van der Waals surface area (Å²) in [5, 5.41) is 8.61. The normalized spacial score (nSPS) is 18.7. The molecule has 1 unspecified atom stereocenters. The van der Waals surface area contributed by atoms with Crippen LogP contribution in [0.25, 0.3) is 0 Å². The SMILES string of the molecule is Cc1nn(C)c(CNC(C)CN2CCOCC2)c1Cl. The summed E-state index contributed by atoms with van der Waals surface area (Å²) in [5.41, 5.74) is 1.94. The molecule has 5 nitrogen and oxygen atoms in total. The van der Waals surface area contributed by atoms with Gasteiger partial charge in [-0.15, -0.1) is 0 Å². The summed E-state index contributed by atoms with van der Waals surface area (Å²) in [6.45, 7) is 9.67. The Bertz CT molecular complexity index is 415. The maximum atomic E-state index is 6.24. The summed E-state index contributed by atoms with van der Waals surface area (Å²) in [6, 6.07) is 0.421. The molecule has 0 spiro atoms. The number of hydrogen-bond acceptors (Lipinski definition) is 4. The van der Waals surface area contributed by atoms with E-state index in [0.717, 1.165) is 55.8 Å². The Morgan fingerprint density at radius 2 is 2.11 bits per heavy atom. The average Bonchev–Trinajstić information content (AvgIpc) is 2.62. The first-order valence-electron chi connectivity index (χ1n) is 6.79. The number of morpholine rings is 1. The molecule has 1 N–H and O–H groups in total. The van der Waals surface area contributed by atoms with Crippen molar-refractivity contribution in [2.45, 2.75) is 26.4 Å². The molecule has 108 valence electrons. The van der Waals surface area contributed by atoms with Gasteiger partial charge in [0, 0.05) is 39.3 Å². The Morgan fingerprint density at radius 1 is 1.42 bits per heavy atom. The van der Waals surface area contributed by atoms with Crippen LogP contribution >= 0.6 is 11.6 Å². The molecule has 1 aliphatic rings. The predicted octanol–water partition coefficient (Wildman–Crippen LogP) is 1.19. The van der Waals surface area contributed by atoms with E-state index in [1.165, 1.54) is 0 Å². The quantitative estimate of drug-likeness (QED) is 0.883. The highest BCUT2D eigenvalue weighted by Gasteiger charge is 2.15. The second kappa shape index (κ2) is 6.70. The summed E-state index contributed by atoms with van der Waals surface area (Å²) < 4.78 is 7.21. The molecular formula is C13H23ClN4O. The molecule has 6 heteroatoms. The molecule has 1 aromatic heterocycles. The number of ether oxygens (including phenoxy) is 1. The van der Waals surface area contributed by atoms with Crippen molar-refractivity contribution < 1.29 is 4.74 Å². The second-order valence-corrected chi connectivity index (χ2v) is 5.54. The van der Waals surface area contributed by atoms with Gasteiger partial charge in [0.1, 0.15) is 0 Å². The van der Waals surface area contributed by atoms with E-state index in [1.54, 1.807) is 0 Å². The molecule has 1 saturated heterocycles. The first kappa shape index (κ1) is 14.8. The van der Waals surface area contributed by atoms with Crippen LogP contribution in [0.1, 0.15) is 18.3 Å². The highest BCUT2D eigenvalue weighted by Crippen LogP contribution is 2.19. The van der Waals surface area contributed by atoms with Crippen molar-refractivity contribution in [1.82, 2.24) is 20.0 Å². The van der Waals surface area contributed by atoms with E-state index in [9.17, 15) is 0 Å². The Balaban J connectivity index is 1.80. The van der Waals surface area contributed by atoms with E-state index < -0.39 is 0 Å². The maximum Gasteiger partial charge on any atom is 0.0860 e. The Labute approximate surface area is 119 Å². The van der Waals surface area contributed by atoms with Crippen LogP contribution in [0.15, 0.2) is 0 Å². The summed E-state index contributed by atoms with van der Waals surface area (Å²) in [7, 11) is 1.93. The fraction of sp³-hybridized carbons (Fsp3) is 0.769. The summed E-state index contributed by atoms with van der Waals surface area (Å²) in [4.78, 5) is 2.43. The summed E-state index contributed by atoms with van der Waals surface area (Å²) >= 11 is 6.24. The predicted molar refractivity (Wildman–Crippen MR) is 76.5 cm³/mol. The minimum absolute atomic E-state index is 0.421. The number of aryl methyl sites for hydroxylation is 2. The average molecular weight is 287 g/mol. The topological polar surface area (TPSA) is 42.3 Å². The third-order valence-corrected chi connectivity index (χ3v) is 4.01. The van der Waals surface area contributed by atoms with Gasteiger partial charge in [0.25, 0.3) is 0 Å². The third-order valence-electron chi connectivity index (χ3n) is 3.52. The molecule has 1 aromatic rings. The lowest BCUT2D eigenvalue weighted by Crippen LogP contribution is -2.44. The van der Waals surface area contributed by atoms with Crippen molar-refractivity contribution >= 4 is 11.6 Å². The molecule has 0 radical (unpaired) electrons. The van der Waals surface area contributed by atoms with Crippen molar-refractivity contribution in [3.8, 4) is 0 Å². The zero-order chi connectivity index (χ0) is 13.8. The molecule has 1 aliphatic heterocycles. The van der Waals surface area contributed by atoms with Crippen LogP contribution in [-0.2, 0) is 18.3 Å². The van der Waals surface area contributed by atoms with E-state index in [1.807, 2.05) is 18.7 Å². The number of nitrogens with zero attached hydrogens (tertiary/aromatic N) is 3. The molecule has 0 aromatic carbocycles. The molecule has 2 rings (SSSR count). The van der Waals surface area contributed by atoms with Gasteiger partial charge in [-0.1, -0.05) is 11.6 Å². The lowest BCUT2D eigenvalue weighted by molar-refractivity contribution is 0.0343. The van der Waals surface area contributed by atoms with Crippen LogP contribution in [0.4, 0.5) is 0 Å². The first-order chi connectivity index (χ1) is 9.08. The van der Waals surface area contributed by atoms with Crippen LogP contribution in [0.2, 0.25) is 5.02 Å². The van der Waals surface area contributed by atoms with Gasteiger partial charge in [-0.05, 0) is 13.8 Å². The number of rotatable bonds is 5. The van der Waals surface area contributed by atoms with Gasteiger partial charge in [0.2, 0.25) is 0 Å². The molecule has 19 heavy (non-hydrogen) atoms. The minimum Gasteiger partial charge on any atom is -0.379 e. The van der Waals surface area contributed by atoms with E-state index in [4.69, 9.17) is 16.3 Å². The van der Waals surface area contributed by atoms with Crippen LogP contribution in [0.3, 0.4) is 0 Å². The maximum absolute atomic E-state index is 6.24. The smallest absolute Gasteiger partial charge is 0.0860 e. The summed E-state index contributed by atoms with van der Waals surface area (Å²) in [6.07, 6.45) is 0. The van der Waals surface area contributed by atoms with Gasteiger partial charge in [-0.25, -0.2) is 0 Å². The molecule has 2 heterocycles. The lowest BCUT2D eigenvalue weighted by Gasteiger charge is -2.29. The van der Waals surface area contributed by atoms with Crippen LogP contribution < -0.4 is 5.32 Å². The van der Waals surface area contributed by atoms with Gasteiger partial charge < -0.3 is 10.1 Å². The monoisotopic (exact) mass is 286 g/mol. The molecule has 0 amide bonds. The largest absolute Gasteiger partial charge is 0.379 e. The third kappa shape index (κ3) is 3.92. The molecule has 0 saturated carbocycles. The molecule has 0 bridgehead atoms. The van der Waals surface area contributed by atoms with Gasteiger partial charge >= 0.3 is 0 Å². The molecule has 1 atom stereocenters. The van der Waals surface area contributed by atoms with E-state index in [-0.39, 0.29) is 0 Å². The standard InChI is InChI=1S/C13H23ClN4O/c1-10(9-18-4-6-19-7-5-18)15-8-12-13(14)11(2)16-17(12)3/h10,15H,4-9H2,1-3H3. The van der Waals surface area contributed by atoms with E-state index in [2.05, 4.69) is 22.2 Å². The van der Waals surface area contributed by atoms with Crippen LogP contribution in [-0.4, -0.2) is 53.6 Å². The van der Waals surface area contributed by atoms with Crippen molar-refractivity contribution in [2.75, 3.05) is 32.8 Å². The van der Waals surface area contributed by atoms with E-state index in [0.29, 0.717) is 6.04 Å². The first-order valence-corrected chi connectivity index (χ1v) is 7.17. The van der Waals surface area contributed by atoms with Crippen molar-refractivity contribution in [1.29, 1.82) is 0 Å². The van der Waals surface area contributed by atoms with Crippen LogP contribution in [0, 0.1) is 6.92 Å². The van der Waals surface area contributed by atoms with Gasteiger partial charge in [0.15, 0.2) is 0 Å². The molecule has 1 fully saturated rings. The van der Waals surface area contributed by atoms with Gasteiger partial charge in [-0.2, -0.15) is 5.10 Å². The fourth-order valence-corrected chi connectivity index (χ4v) is 2.61. The fourth-order valence-electron chi connectivity index (χ4n) is 2.38. The highest BCUT2D eigenvalue weighted by atomic mass is 35.5. The second-order valence-electron chi connectivity index (χ2n) is 5.16. The molecule has 0 aliphatic carbocycles. The zero-order valence-electron chi connectivity index (χ0n) is 11.9. The van der Waals surface area contributed by atoms with Gasteiger partial charge in [0.05, 0.1) is 29.6 Å². The van der Waals surface area contributed by atoms with Gasteiger partial charge in [-0.3, -0.25) is 9.58 Å². The molecular weight excluding hydrogens is 264 g/mol. The number of halogens is 1. The zero-order valence-corrected chi connectivity index (χ0v) is 12.7. The van der Waals surface area contributed by atoms with Crippen molar-refractivity contribution in [3.05, 3.63) is 16.4 Å². The van der Waals surface area contributed by atoms with E-state index >= 15 is 0 Å². The Morgan fingerprint density at radius 3 is 2.68 bits per heavy atom. The Hall–Kier alpha value is -0.620. The number of aromatic nitrogens is 2. The highest BCUT2D eigenvalue weighted by molar-refractivity contribution is 6.31. The van der Waals surface area contributed by atoms with Crippen LogP contribution in [0.5, 0.6) is 0 Å². The van der Waals surface area contributed by atoms with Crippen molar-refractivity contribution in [3.63, 3.8) is 0 Å². The lowest BCUT2D eigenvalue weighted by atomic mass is 10.2. The summed E-state index contributed by atoms with van der Waals surface area (Å²) in [5.74, 6) is 0. The minimum atomic E-state index is 0.421. The number of nitrogens with one attached hydrogen (secondary N) is 1. The Kier molecular flexibility index (Phi) is 5.21.